The first-order valence-corrected chi connectivity index (χ1v) is 6.76. The zero-order chi connectivity index (χ0) is 13.4. The third kappa shape index (κ3) is 2.40. The topological polar surface area (TPSA) is 55.4 Å². The third-order valence-electron chi connectivity index (χ3n) is 3.81. The van der Waals surface area contributed by atoms with Gasteiger partial charge < -0.3 is 10.1 Å². The van der Waals surface area contributed by atoms with Gasteiger partial charge in [0.25, 0.3) is 0 Å². The summed E-state index contributed by atoms with van der Waals surface area (Å²) in [5, 5.41) is 2.82. The molecular formula is C15H17NO3. The number of amides is 1. The number of ketones is 1. The highest BCUT2D eigenvalue weighted by atomic mass is 16.5. The van der Waals surface area contributed by atoms with E-state index in [1.165, 1.54) is 0 Å². The van der Waals surface area contributed by atoms with E-state index in [1.807, 2.05) is 19.1 Å². The molecule has 0 aromatic heterocycles. The van der Waals surface area contributed by atoms with Crippen LogP contribution >= 0.6 is 0 Å². The Morgan fingerprint density at radius 2 is 2.16 bits per heavy atom. The molecule has 0 aliphatic carbocycles. The summed E-state index contributed by atoms with van der Waals surface area (Å²) >= 11 is 0. The van der Waals surface area contributed by atoms with Crippen LogP contribution in [0.4, 0.5) is 5.69 Å². The lowest BCUT2D eigenvalue weighted by Gasteiger charge is -2.18. The number of rotatable bonds is 2. The maximum Gasteiger partial charge on any atom is 0.224 e. The Hall–Kier alpha value is -1.68. The molecule has 0 saturated carbocycles. The van der Waals surface area contributed by atoms with E-state index in [2.05, 4.69) is 5.32 Å². The average molecular weight is 259 g/mol. The highest BCUT2D eigenvalue weighted by Gasteiger charge is 2.29. The number of aryl methyl sites for hydroxylation is 1. The Kier molecular flexibility index (Phi) is 3.11. The summed E-state index contributed by atoms with van der Waals surface area (Å²) in [4.78, 5) is 23.6. The fraction of sp³-hybridized carbons (Fsp3) is 0.467. The first-order chi connectivity index (χ1) is 9.13. The molecule has 1 aromatic rings. The van der Waals surface area contributed by atoms with Gasteiger partial charge in [0.2, 0.25) is 5.91 Å². The van der Waals surface area contributed by atoms with Crippen molar-refractivity contribution in [1.29, 1.82) is 0 Å². The Morgan fingerprint density at radius 3 is 2.89 bits per heavy atom. The molecule has 1 saturated heterocycles. The zero-order valence-electron chi connectivity index (χ0n) is 10.9. The highest BCUT2D eigenvalue weighted by Crippen LogP contribution is 2.27. The smallest absolute Gasteiger partial charge is 0.224 e. The van der Waals surface area contributed by atoms with Crippen LogP contribution in [-0.4, -0.2) is 23.9 Å². The molecule has 2 aliphatic heterocycles. The van der Waals surface area contributed by atoms with Gasteiger partial charge in [0.05, 0.1) is 6.10 Å². The van der Waals surface area contributed by atoms with Crippen molar-refractivity contribution < 1.29 is 14.3 Å². The molecule has 1 N–H and O–H groups in total. The fourth-order valence-electron chi connectivity index (χ4n) is 2.72. The van der Waals surface area contributed by atoms with Gasteiger partial charge in [-0.1, -0.05) is 0 Å². The molecule has 1 fully saturated rings. The van der Waals surface area contributed by atoms with E-state index in [0.29, 0.717) is 18.4 Å². The summed E-state index contributed by atoms with van der Waals surface area (Å²) in [7, 11) is 0. The van der Waals surface area contributed by atoms with Crippen molar-refractivity contribution >= 4 is 17.4 Å². The molecule has 4 heteroatoms. The van der Waals surface area contributed by atoms with Crippen LogP contribution in [-0.2, 0) is 16.0 Å². The number of carbonyl (C=O) groups is 2. The molecule has 19 heavy (non-hydrogen) atoms. The average Bonchev–Trinajstić information content (AvgIpc) is 2.84. The van der Waals surface area contributed by atoms with Gasteiger partial charge in [0.15, 0.2) is 5.78 Å². The first-order valence-electron chi connectivity index (χ1n) is 6.76. The Labute approximate surface area is 112 Å². The molecule has 1 aromatic carbocycles. The summed E-state index contributed by atoms with van der Waals surface area (Å²) in [6.45, 7) is 2.00. The Bertz CT molecular complexity index is 538. The molecule has 100 valence electrons. The quantitative estimate of drug-likeness (QED) is 0.829. The number of ether oxygens (including phenoxy) is 1. The van der Waals surface area contributed by atoms with Crippen LogP contribution in [0.25, 0.3) is 0 Å². The lowest BCUT2D eigenvalue weighted by atomic mass is 9.96. The van der Waals surface area contributed by atoms with Crippen molar-refractivity contribution in [1.82, 2.24) is 0 Å². The van der Waals surface area contributed by atoms with Crippen LogP contribution in [0.1, 0.15) is 42.1 Å². The summed E-state index contributed by atoms with van der Waals surface area (Å²) in [5.41, 5.74) is 2.55. The van der Waals surface area contributed by atoms with Gasteiger partial charge >= 0.3 is 0 Å². The van der Waals surface area contributed by atoms with E-state index in [4.69, 9.17) is 4.74 Å². The monoisotopic (exact) mass is 259 g/mol. The van der Waals surface area contributed by atoms with Crippen LogP contribution in [0.3, 0.4) is 0 Å². The largest absolute Gasteiger partial charge is 0.367 e. The van der Waals surface area contributed by atoms with E-state index in [0.717, 1.165) is 24.1 Å². The van der Waals surface area contributed by atoms with Crippen molar-refractivity contribution in [3.05, 3.63) is 29.3 Å². The molecule has 3 rings (SSSR count). The van der Waals surface area contributed by atoms with E-state index in [1.54, 1.807) is 6.07 Å². The molecule has 0 bridgehead atoms. The van der Waals surface area contributed by atoms with Gasteiger partial charge in [-0.25, -0.2) is 0 Å². The van der Waals surface area contributed by atoms with E-state index in [-0.39, 0.29) is 23.9 Å². The summed E-state index contributed by atoms with van der Waals surface area (Å²) in [6.07, 6.45) is 2.80. The van der Waals surface area contributed by atoms with Crippen LogP contribution in [0, 0.1) is 0 Å². The molecule has 2 aliphatic rings. The number of Topliss-reactive ketones (excluding diaryl/α,β-unsaturated/α-hetero) is 1. The Morgan fingerprint density at radius 1 is 1.32 bits per heavy atom. The molecule has 0 radical (unpaired) electrons. The van der Waals surface area contributed by atoms with Gasteiger partial charge in [0.1, 0.15) is 6.10 Å². The van der Waals surface area contributed by atoms with Gasteiger partial charge in [-0.05, 0) is 49.9 Å². The fourth-order valence-corrected chi connectivity index (χ4v) is 2.72. The van der Waals surface area contributed by atoms with Crippen molar-refractivity contribution in [2.75, 3.05) is 5.32 Å². The van der Waals surface area contributed by atoms with Gasteiger partial charge in [0, 0.05) is 17.7 Å². The maximum absolute atomic E-state index is 12.3. The van der Waals surface area contributed by atoms with Crippen molar-refractivity contribution in [3.8, 4) is 0 Å². The number of hydrogen-bond acceptors (Lipinski definition) is 3. The Balaban J connectivity index is 1.82. The van der Waals surface area contributed by atoms with Crippen LogP contribution in [0.2, 0.25) is 0 Å². The van der Waals surface area contributed by atoms with Crippen molar-refractivity contribution in [2.24, 2.45) is 0 Å². The molecule has 2 heterocycles. The number of carbonyl (C=O) groups excluding carboxylic acids is 2. The number of fused-ring (bicyclic) bond motifs is 1. The predicted molar refractivity (Wildman–Crippen MR) is 71.3 cm³/mol. The SMILES string of the molecule is CC1CCC(C(=O)c2ccc3c(c2)CCC(=O)N3)O1. The van der Waals surface area contributed by atoms with Crippen LogP contribution in [0.5, 0.6) is 0 Å². The zero-order valence-corrected chi connectivity index (χ0v) is 10.9. The van der Waals surface area contributed by atoms with Crippen LogP contribution in [0.15, 0.2) is 18.2 Å². The summed E-state index contributed by atoms with van der Waals surface area (Å²) < 4.78 is 5.62. The number of nitrogens with one attached hydrogen (secondary N) is 1. The second kappa shape index (κ2) is 4.78. The highest BCUT2D eigenvalue weighted by molar-refractivity contribution is 6.01. The first kappa shape index (κ1) is 12.4. The van der Waals surface area contributed by atoms with Crippen molar-refractivity contribution in [3.63, 3.8) is 0 Å². The van der Waals surface area contributed by atoms with Gasteiger partial charge in [-0.2, -0.15) is 0 Å². The number of benzene rings is 1. The third-order valence-corrected chi connectivity index (χ3v) is 3.81. The van der Waals surface area contributed by atoms with Gasteiger partial charge in [-0.15, -0.1) is 0 Å². The summed E-state index contributed by atoms with van der Waals surface area (Å²) in [5.74, 6) is 0.101. The van der Waals surface area contributed by atoms with Crippen molar-refractivity contribution in [2.45, 2.75) is 44.8 Å². The molecule has 0 spiro atoms. The van der Waals surface area contributed by atoms with E-state index >= 15 is 0 Å². The number of anilines is 1. The molecule has 1 amide bonds. The lowest BCUT2D eigenvalue weighted by Crippen LogP contribution is -2.22. The standard InChI is InChI=1S/C15H17NO3/c1-9-2-6-13(19-9)15(18)11-3-5-12-10(8-11)4-7-14(17)16-12/h3,5,8-9,13H,2,4,6-7H2,1H3,(H,16,17). The summed E-state index contributed by atoms with van der Waals surface area (Å²) in [6, 6.07) is 5.49. The van der Waals surface area contributed by atoms with Crippen LogP contribution < -0.4 is 5.32 Å². The second-order valence-electron chi connectivity index (χ2n) is 5.30. The minimum Gasteiger partial charge on any atom is -0.367 e. The predicted octanol–water partition coefficient (Wildman–Crippen LogP) is 2.32. The normalized spacial score (nSPS) is 25.8. The second-order valence-corrected chi connectivity index (χ2v) is 5.30. The minimum absolute atomic E-state index is 0.0412. The molecule has 2 unspecified atom stereocenters. The maximum atomic E-state index is 12.3. The minimum atomic E-state index is -0.300. The van der Waals surface area contributed by atoms with E-state index < -0.39 is 0 Å². The molecular weight excluding hydrogens is 242 g/mol. The van der Waals surface area contributed by atoms with E-state index in [9.17, 15) is 9.59 Å². The lowest BCUT2D eigenvalue weighted by molar-refractivity contribution is -0.116. The molecule has 4 nitrogen and oxygen atoms in total. The van der Waals surface area contributed by atoms with Gasteiger partial charge in [-0.3, -0.25) is 9.59 Å². The molecule has 2 atom stereocenters. The number of hydrogen-bond donors (Lipinski definition) is 1.